The first-order valence-electron chi connectivity index (χ1n) is 3.10. The average molecular weight is 195 g/mol. The van der Waals surface area contributed by atoms with Gasteiger partial charge in [-0.3, -0.25) is 0 Å². The van der Waals surface area contributed by atoms with E-state index in [2.05, 4.69) is 19.2 Å². The van der Waals surface area contributed by atoms with E-state index in [0.29, 0.717) is 0 Å². The number of hydrogen-bond donors (Lipinski definition) is 0. The maximum absolute atomic E-state index is 3.60. The van der Waals surface area contributed by atoms with E-state index in [1.807, 2.05) is 17.5 Å². The summed E-state index contributed by atoms with van der Waals surface area (Å²) in [6, 6.07) is 3.86. The molecule has 0 N–H and O–H groups in total. The van der Waals surface area contributed by atoms with Gasteiger partial charge in [0, 0.05) is 0 Å². The second-order valence-corrected chi connectivity index (χ2v) is 2.33. The molecule has 1 heterocycles. The van der Waals surface area contributed by atoms with Gasteiger partial charge in [-0.2, -0.15) is 17.9 Å². The first-order valence-corrected chi connectivity index (χ1v) is 3.98. The fourth-order valence-electron chi connectivity index (χ4n) is 0.196. The van der Waals surface area contributed by atoms with Gasteiger partial charge < -0.3 is 18.3 Å². The first-order chi connectivity index (χ1) is 4.41. The molecule has 2 heteroatoms. The van der Waals surface area contributed by atoms with Crippen molar-refractivity contribution in [3.63, 3.8) is 0 Å². The minimum atomic E-state index is 0. The molecule has 0 bridgehead atoms. The molecule has 10 heavy (non-hydrogen) atoms. The maximum Gasteiger partial charge on any atom is 2.00 e. The van der Waals surface area contributed by atoms with Crippen molar-refractivity contribution in [1.82, 2.24) is 0 Å². The van der Waals surface area contributed by atoms with Crippen LogP contribution in [0.2, 0.25) is 0 Å². The van der Waals surface area contributed by atoms with Crippen molar-refractivity contribution in [2.45, 2.75) is 19.8 Å². The molecular weight excluding hydrogens is 183 g/mol. The quantitative estimate of drug-likeness (QED) is 0.477. The summed E-state index contributed by atoms with van der Waals surface area (Å²) in [7, 11) is 0. The molecule has 0 saturated carbocycles. The molecule has 0 saturated heterocycles. The molecule has 0 atom stereocenters. The minimum absolute atomic E-state index is 0. The fourth-order valence-corrected chi connectivity index (χ4v) is 0.589. The summed E-state index contributed by atoms with van der Waals surface area (Å²) in [5.74, 6) is 0. The number of unbranched alkanes of at least 4 members (excludes halogenated alkanes) is 1. The van der Waals surface area contributed by atoms with Crippen LogP contribution in [0.5, 0.6) is 0 Å². The van der Waals surface area contributed by atoms with E-state index in [-0.39, 0.29) is 17.1 Å². The van der Waals surface area contributed by atoms with Gasteiger partial charge in [-0.25, -0.2) is 6.07 Å². The van der Waals surface area contributed by atoms with Crippen LogP contribution in [0.1, 0.15) is 19.8 Å². The van der Waals surface area contributed by atoms with Crippen LogP contribution < -0.4 is 0 Å². The van der Waals surface area contributed by atoms with Gasteiger partial charge in [-0.15, -0.1) is 5.38 Å². The Morgan fingerprint density at radius 2 is 2.20 bits per heavy atom. The molecule has 0 spiro atoms. The van der Waals surface area contributed by atoms with E-state index >= 15 is 0 Å². The van der Waals surface area contributed by atoms with Gasteiger partial charge in [-0.1, -0.05) is 13.3 Å². The Bertz CT molecular complexity index is 84.8. The SMILES string of the molecule is [CH2-]CCC.[Mn+2].[c-]1cccs1. The van der Waals surface area contributed by atoms with Crippen LogP contribution in [0.4, 0.5) is 0 Å². The van der Waals surface area contributed by atoms with E-state index in [1.54, 1.807) is 11.3 Å². The Balaban J connectivity index is 0. The predicted molar refractivity (Wildman–Crippen MR) is 43.4 cm³/mol. The molecule has 0 nitrogen and oxygen atoms in total. The van der Waals surface area contributed by atoms with Crippen LogP contribution in [0.25, 0.3) is 0 Å². The zero-order valence-corrected chi connectivity index (χ0v) is 8.14. The van der Waals surface area contributed by atoms with Gasteiger partial charge in [0.1, 0.15) is 0 Å². The molecule has 57 valence electrons. The largest absolute Gasteiger partial charge is 2.00 e. The summed E-state index contributed by atoms with van der Waals surface area (Å²) in [5, 5.41) is 4.89. The third-order valence-electron chi connectivity index (χ3n) is 0.732. The Morgan fingerprint density at radius 1 is 1.60 bits per heavy atom. The molecule has 0 amide bonds. The Kier molecular flexibility index (Phi) is 15.4. The van der Waals surface area contributed by atoms with E-state index in [9.17, 15) is 0 Å². The number of thiophene rings is 1. The topological polar surface area (TPSA) is 0 Å². The van der Waals surface area contributed by atoms with Crippen molar-refractivity contribution in [1.29, 1.82) is 0 Å². The minimum Gasteiger partial charge on any atom is -0.343 e. The van der Waals surface area contributed by atoms with Crippen LogP contribution in [-0.4, -0.2) is 0 Å². The third kappa shape index (κ3) is 11.1. The van der Waals surface area contributed by atoms with Gasteiger partial charge in [0.05, 0.1) is 0 Å². The molecule has 1 aromatic rings. The van der Waals surface area contributed by atoms with Crippen LogP contribution in [0.15, 0.2) is 17.5 Å². The average Bonchev–Trinajstić information content (AvgIpc) is 2.43. The molecule has 0 unspecified atom stereocenters. The first kappa shape index (κ1) is 12.9. The van der Waals surface area contributed by atoms with Crippen molar-refractivity contribution in [3.8, 4) is 0 Å². The van der Waals surface area contributed by atoms with Gasteiger partial charge in [0.25, 0.3) is 0 Å². The monoisotopic (exact) mass is 195 g/mol. The van der Waals surface area contributed by atoms with Crippen LogP contribution in [-0.2, 0) is 17.1 Å². The molecule has 1 radical (unpaired) electrons. The van der Waals surface area contributed by atoms with Crippen LogP contribution >= 0.6 is 11.3 Å². The normalized spacial score (nSPS) is 7.00. The standard InChI is InChI=1S/C4H3S.C4H9.Mn/c1-2-4-5-3-1;1-3-4-2;/h1-3H;1,3-4H2,2H3;/q2*-1;+2. The third-order valence-corrected chi connectivity index (χ3v) is 1.30. The van der Waals surface area contributed by atoms with Crippen molar-refractivity contribution in [2.24, 2.45) is 0 Å². The van der Waals surface area contributed by atoms with E-state index in [0.717, 1.165) is 6.42 Å². The molecule has 0 fully saturated rings. The summed E-state index contributed by atoms with van der Waals surface area (Å²) < 4.78 is 0. The molecule has 1 aromatic heterocycles. The summed E-state index contributed by atoms with van der Waals surface area (Å²) in [5.41, 5.74) is 0. The zero-order valence-electron chi connectivity index (χ0n) is 6.14. The molecule has 0 aliphatic rings. The maximum atomic E-state index is 3.60. The van der Waals surface area contributed by atoms with E-state index in [1.165, 1.54) is 6.42 Å². The van der Waals surface area contributed by atoms with Gasteiger partial charge in [-0.05, 0) is 0 Å². The van der Waals surface area contributed by atoms with Crippen LogP contribution in [0, 0.1) is 12.3 Å². The molecule has 0 aliphatic carbocycles. The fraction of sp³-hybridized carbons (Fsp3) is 0.375. The van der Waals surface area contributed by atoms with Gasteiger partial charge in [0.2, 0.25) is 0 Å². The van der Waals surface area contributed by atoms with Crippen molar-refractivity contribution >= 4 is 11.3 Å². The van der Waals surface area contributed by atoms with Crippen molar-refractivity contribution in [3.05, 3.63) is 29.8 Å². The summed E-state index contributed by atoms with van der Waals surface area (Å²) in [6.45, 7) is 5.72. The smallest absolute Gasteiger partial charge is 0.343 e. The van der Waals surface area contributed by atoms with Gasteiger partial charge in [0.15, 0.2) is 0 Å². The summed E-state index contributed by atoms with van der Waals surface area (Å²) in [4.78, 5) is 0. The predicted octanol–water partition coefficient (Wildman–Crippen LogP) is 3.17. The van der Waals surface area contributed by atoms with Crippen molar-refractivity contribution < 1.29 is 17.1 Å². The Morgan fingerprint density at radius 3 is 2.30 bits per heavy atom. The van der Waals surface area contributed by atoms with Gasteiger partial charge >= 0.3 is 17.1 Å². The summed E-state index contributed by atoms with van der Waals surface area (Å²) >= 11 is 1.59. The second kappa shape index (κ2) is 12.0. The summed E-state index contributed by atoms with van der Waals surface area (Å²) in [6.07, 6.45) is 2.28. The molecule has 0 aliphatic heterocycles. The van der Waals surface area contributed by atoms with Crippen LogP contribution in [0.3, 0.4) is 0 Å². The molecule has 1 rings (SSSR count). The number of hydrogen-bond acceptors (Lipinski definition) is 1. The Hall–Kier alpha value is 0.219. The Labute approximate surface area is 78.1 Å². The number of rotatable bonds is 1. The second-order valence-electron chi connectivity index (χ2n) is 1.58. The van der Waals surface area contributed by atoms with Crippen molar-refractivity contribution in [2.75, 3.05) is 0 Å². The van der Waals surface area contributed by atoms with E-state index in [4.69, 9.17) is 0 Å². The zero-order chi connectivity index (χ0) is 6.95. The molecular formula is C8H12MnS. The van der Waals surface area contributed by atoms with E-state index < -0.39 is 0 Å². The molecule has 0 aromatic carbocycles.